The number of carboxylic acid groups (broad SMARTS) is 1. The standard InChI is InChI=1S/C33H48N2O3/c1-6-8-10-12-14-28-24-33(3,19-13-11-9-7-2)34(4)30-23-31(38-5)27(22-29(28)30)16-15-26-17-20-35(21-18-26)25-32(36)37/h15-18,20-23,28H,6-14,19,24-25H2,1-5H3/p+1. The lowest BCUT2D eigenvalue weighted by Gasteiger charge is -2.49. The number of anilines is 1. The van der Waals surface area contributed by atoms with Crippen LogP contribution in [0.4, 0.5) is 5.69 Å². The van der Waals surface area contributed by atoms with Crippen LogP contribution in [0.3, 0.4) is 0 Å². The number of carboxylic acids is 1. The van der Waals surface area contributed by atoms with Crippen molar-refractivity contribution in [3.63, 3.8) is 0 Å². The molecule has 1 aromatic carbocycles. The van der Waals surface area contributed by atoms with E-state index in [2.05, 4.69) is 57.0 Å². The zero-order valence-electron chi connectivity index (χ0n) is 24.3. The molecule has 1 aliphatic rings. The van der Waals surface area contributed by atoms with Gasteiger partial charge in [-0.05, 0) is 49.3 Å². The van der Waals surface area contributed by atoms with Gasteiger partial charge in [-0.3, -0.25) is 0 Å². The van der Waals surface area contributed by atoms with E-state index >= 15 is 0 Å². The molecule has 0 amide bonds. The number of pyridine rings is 1. The van der Waals surface area contributed by atoms with Crippen LogP contribution in [0.1, 0.15) is 114 Å². The first kappa shape index (κ1) is 29.7. The Morgan fingerprint density at radius 1 is 1.08 bits per heavy atom. The van der Waals surface area contributed by atoms with Crippen molar-refractivity contribution in [3.8, 4) is 5.75 Å². The highest BCUT2D eigenvalue weighted by Gasteiger charge is 2.39. The summed E-state index contributed by atoms with van der Waals surface area (Å²) in [6, 6.07) is 8.50. The fourth-order valence-corrected chi connectivity index (χ4v) is 5.90. The number of methoxy groups -OCH3 is 1. The van der Waals surface area contributed by atoms with Gasteiger partial charge in [0.2, 0.25) is 6.54 Å². The number of aromatic nitrogens is 1. The summed E-state index contributed by atoms with van der Waals surface area (Å²) < 4.78 is 7.56. The van der Waals surface area contributed by atoms with E-state index < -0.39 is 5.97 Å². The molecule has 2 atom stereocenters. The van der Waals surface area contributed by atoms with Crippen LogP contribution in [-0.4, -0.2) is 30.8 Å². The van der Waals surface area contributed by atoms with Crippen LogP contribution < -0.4 is 14.2 Å². The summed E-state index contributed by atoms with van der Waals surface area (Å²) >= 11 is 0. The number of benzene rings is 1. The molecular weight excluding hydrogens is 472 g/mol. The molecule has 1 aliphatic heterocycles. The van der Waals surface area contributed by atoms with Crippen molar-refractivity contribution in [2.45, 2.75) is 109 Å². The molecule has 1 aromatic heterocycles. The number of fused-ring (bicyclic) bond motifs is 1. The smallest absolute Gasteiger partial charge is 0.370 e. The van der Waals surface area contributed by atoms with Crippen molar-refractivity contribution in [2.75, 3.05) is 19.1 Å². The summed E-state index contributed by atoms with van der Waals surface area (Å²) in [5.41, 5.74) is 5.04. The number of hydrogen-bond donors (Lipinski definition) is 1. The molecule has 0 saturated carbocycles. The fraction of sp³-hybridized carbons (Fsp3) is 0.576. The zero-order chi connectivity index (χ0) is 27.5. The highest BCUT2D eigenvalue weighted by molar-refractivity contribution is 5.76. The Labute approximate surface area is 230 Å². The van der Waals surface area contributed by atoms with Crippen molar-refractivity contribution in [1.82, 2.24) is 0 Å². The third-order valence-corrected chi connectivity index (χ3v) is 8.34. The van der Waals surface area contributed by atoms with Gasteiger partial charge in [0.1, 0.15) is 5.75 Å². The third-order valence-electron chi connectivity index (χ3n) is 8.34. The van der Waals surface area contributed by atoms with Crippen molar-refractivity contribution < 1.29 is 19.2 Å². The number of aliphatic carboxylic acids is 1. The van der Waals surface area contributed by atoms with Crippen LogP contribution in [0.2, 0.25) is 0 Å². The molecule has 0 radical (unpaired) electrons. The lowest BCUT2D eigenvalue weighted by molar-refractivity contribution is -0.685. The van der Waals surface area contributed by atoms with Crippen LogP contribution in [-0.2, 0) is 11.3 Å². The predicted octanol–water partition coefficient (Wildman–Crippen LogP) is 7.86. The van der Waals surface area contributed by atoms with Gasteiger partial charge >= 0.3 is 5.97 Å². The minimum atomic E-state index is -0.844. The maximum atomic E-state index is 11.0. The van der Waals surface area contributed by atoms with Crippen LogP contribution in [0.5, 0.6) is 5.75 Å². The summed E-state index contributed by atoms with van der Waals surface area (Å²) in [5, 5.41) is 9.01. The van der Waals surface area contributed by atoms with Crippen molar-refractivity contribution in [2.24, 2.45) is 0 Å². The van der Waals surface area contributed by atoms with E-state index in [1.807, 2.05) is 12.1 Å². The number of unbranched alkanes of at least 4 members (excludes halogenated alkanes) is 6. The first-order valence-electron chi connectivity index (χ1n) is 14.7. The van der Waals surface area contributed by atoms with E-state index in [0.29, 0.717) is 5.92 Å². The maximum Gasteiger partial charge on any atom is 0.370 e. The van der Waals surface area contributed by atoms with Gasteiger partial charge in [0.25, 0.3) is 0 Å². The molecule has 38 heavy (non-hydrogen) atoms. The molecule has 0 aliphatic carbocycles. The molecule has 3 rings (SSSR count). The average molecular weight is 522 g/mol. The Balaban J connectivity index is 1.90. The van der Waals surface area contributed by atoms with E-state index in [1.165, 1.54) is 81.9 Å². The van der Waals surface area contributed by atoms with Crippen LogP contribution in [0.25, 0.3) is 12.2 Å². The van der Waals surface area contributed by atoms with E-state index in [1.54, 1.807) is 24.1 Å². The minimum Gasteiger partial charge on any atom is -0.496 e. The second-order valence-corrected chi connectivity index (χ2v) is 11.3. The molecule has 2 aromatic rings. The predicted molar refractivity (Wildman–Crippen MR) is 158 cm³/mol. The van der Waals surface area contributed by atoms with Crippen molar-refractivity contribution >= 4 is 23.8 Å². The normalized spacial score (nSPS) is 19.1. The van der Waals surface area contributed by atoms with Crippen molar-refractivity contribution in [1.29, 1.82) is 0 Å². The van der Waals surface area contributed by atoms with Gasteiger partial charge in [-0.25, -0.2) is 4.79 Å². The Hall–Kier alpha value is -2.82. The number of rotatable bonds is 15. The monoisotopic (exact) mass is 521 g/mol. The Morgan fingerprint density at radius 3 is 2.39 bits per heavy atom. The van der Waals surface area contributed by atoms with Gasteiger partial charge < -0.3 is 14.7 Å². The van der Waals surface area contributed by atoms with Crippen LogP contribution in [0, 0.1) is 0 Å². The molecule has 5 heteroatoms. The highest BCUT2D eigenvalue weighted by atomic mass is 16.5. The SMILES string of the molecule is CCCCCCC1CC(C)(CCCCCC)N(C)c2cc(OC)c(C=Cc3cc[n+](CC(=O)O)cc3)cc21. The lowest BCUT2D eigenvalue weighted by atomic mass is 9.73. The third kappa shape index (κ3) is 7.85. The van der Waals surface area contributed by atoms with E-state index in [9.17, 15) is 4.79 Å². The molecule has 5 nitrogen and oxygen atoms in total. The molecule has 2 unspecified atom stereocenters. The van der Waals surface area contributed by atoms with Gasteiger partial charge in [0.05, 0.1) is 7.11 Å². The van der Waals surface area contributed by atoms with E-state index in [0.717, 1.165) is 16.9 Å². The summed E-state index contributed by atoms with van der Waals surface area (Å²) in [6.45, 7) is 6.99. The number of hydrogen-bond acceptors (Lipinski definition) is 3. The Kier molecular flexibility index (Phi) is 11.2. The van der Waals surface area contributed by atoms with Gasteiger partial charge in [0, 0.05) is 42.0 Å². The number of nitrogens with zero attached hydrogens (tertiary/aromatic N) is 2. The van der Waals surface area contributed by atoms with Crippen LogP contribution in [0.15, 0.2) is 36.7 Å². The molecule has 0 saturated heterocycles. The summed E-state index contributed by atoms with van der Waals surface area (Å²) in [6.07, 6.45) is 21.9. The average Bonchev–Trinajstić information content (AvgIpc) is 2.91. The van der Waals surface area contributed by atoms with E-state index in [-0.39, 0.29) is 12.1 Å². The van der Waals surface area contributed by atoms with Crippen LogP contribution >= 0.6 is 0 Å². The second-order valence-electron chi connectivity index (χ2n) is 11.3. The van der Waals surface area contributed by atoms with Gasteiger partial charge in [-0.2, -0.15) is 4.57 Å². The first-order chi connectivity index (χ1) is 18.3. The molecule has 0 fully saturated rings. The summed E-state index contributed by atoms with van der Waals surface area (Å²) in [7, 11) is 4.03. The summed E-state index contributed by atoms with van der Waals surface area (Å²) in [5.74, 6) is 0.603. The molecular formula is C33H49N2O3+. The Bertz CT molecular complexity index is 1060. The fourth-order valence-electron chi connectivity index (χ4n) is 5.90. The Morgan fingerprint density at radius 2 is 1.76 bits per heavy atom. The van der Waals surface area contributed by atoms with Gasteiger partial charge in [-0.15, -0.1) is 0 Å². The molecule has 208 valence electrons. The molecule has 1 N–H and O–H groups in total. The number of carbonyl (C=O) groups is 1. The molecule has 0 bridgehead atoms. The van der Waals surface area contributed by atoms with E-state index in [4.69, 9.17) is 9.84 Å². The van der Waals surface area contributed by atoms with Gasteiger partial charge in [-0.1, -0.05) is 77.4 Å². The van der Waals surface area contributed by atoms with Gasteiger partial charge in [0.15, 0.2) is 12.4 Å². The second kappa shape index (κ2) is 14.4. The first-order valence-corrected chi connectivity index (χ1v) is 14.7. The topological polar surface area (TPSA) is 53.7 Å². The minimum absolute atomic E-state index is 0.0344. The zero-order valence-corrected chi connectivity index (χ0v) is 24.3. The number of ether oxygens (including phenoxy) is 1. The molecule has 0 spiro atoms. The quantitative estimate of drug-likeness (QED) is 0.191. The maximum absolute atomic E-state index is 11.0. The molecule has 2 heterocycles. The largest absolute Gasteiger partial charge is 0.496 e. The van der Waals surface area contributed by atoms with Crippen molar-refractivity contribution in [3.05, 3.63) is 53.3 Å². The lowest BCUT2D eigenvalue weighted by Crippen LogP contribution is -2.48. The highest BCUT2D eigenvalue weighted by Crippen LogP contribution is 2.49. The summed E-state index contributed by atoms with van der Waals surface area (Å²) in [4.78, 5) is 13.5.